The molecular formula is C10H12Cl2OS. The first-order valence-electron chi connectivity index (χ1n) is 4.68. The van der Waals surface area contributed by atoms with Crippen molar-refractivity contribution in [2.24, 2.45) is 0 Å². The molecule has 0 bridgehead atoms. The van der Waals surface area contributed by atoms with Gasteiger partial charge in [0.25, 0.3) is 0 Å². The molecule has 78 valence electrons. The second kappa shape index (κ2) is 4.40. The summed E-state index contributed by atoms with van der Waals surface area (Å²) in [5.41, 5.74) is -0.157. The summed E-state index contributed by atoms with van der Waals surface area (Å²) < 4.78 is 5.73. The van der Waals surface area contributed by atoms with Crippen molar-refractivity contribution in [1.82, 2.24) is 0 Å². The Morgan fingerprint density at radius 2 is 2.43 bits per heavy atom. The molecule has 1 aromatic rings. The van der Waals surface area contributed by atoms with Crippen LogP contribution >= 0.6 is 34.5 Å². The molecular weight excluding hydrogens is 239 g/mol. The van der Waals surface area contributed by atoms with Crippen molar-refractivity contribution in [3.8, 4) is 0 Å². The zero-order chi connectivity index (χ0) is 10.0. The molecule has 2 heterocycles. The van der Waals surface area contributed by atoms with Gasteiger partial charge in [-0.1, -0.05) is 11.6 Å². The van der Waals surface area contributed by atoms with Crippen LogP contribution < -0.4 is 0 Å². The average molecular weight is 251 g/mol. The summed E-state index contributed by atoms with van der Waals surface area (Å²) in [4.78, 5) is 1.19. The van der Waals surface area contributed by atoms with E-state index in [0.29, 0.717) is 5.88 Å². The highest BCUT2D eigenvalue weighted by molar-refractivity contribution is 7.10. The molecule has 0 aromatic carbocycles. The van der Waals surface area contributed by atoms with Crippen LogP contribution in [0.25, 0.3) is 0 Å². The molecule has 0 radical (unpaired) electrons. The van der Waals surface area contributed by atoms with Gasteiger partial charge in [-0.2, -0.15) is 0 Å². The van der Waals surface area contributed by atoms with Crippen molar-refractivity contribution in [1.29, 1.82) is 0 Å². The lowest BCUT2D eigenvalue weighted by Gasteiger charge is -2.25. The van der Waals surface area contributed by atoms with Gasteiger partial charge in [0.1, 0.15) is 0 Å². The van der Waals surface area contributed by atoms with Crippen LogP contribution in [0.5, 0.6) is 0 Å². The van der Waals surface area contributed by atoms with Gasteiger partial charge >= 0.3 is 0 Å². The Morgan fingerprint density at radius 3 is 2.93 bits per heavy atom. The molecule has 0 N–H and O–H groups in total. The summed E-state index contributed by atoms with van der Waals surface area (Å²) in [5.74, 6) is 0.557. The molecule has 1 aromatic heterocycles. The van der Waals surface area contributed by atoms with Gasteiger partial charge in [0.15, 0.2) is 0 Å². The van der Waals surface area contributed by atoms with Crippen LogP contribution in [0.3, 0.4) is 0 Å². The van der Waals surface area contributed by atoms with E-state index in [2.05, 4.69) is 0 Å². The Morgan fingerprint density at radius 1 is 1.57 bits per heavy atom. The fourth-order valence-corrected chi connectivity index (χ4v) is 3.33. The SMILES string of the molecule is ClCC1(Cc2sccc2Cl)CCCO1. The topological polar surface area (TPSA) is 9.23 Å². The number of alkyl halides is 1. The third-order valence-corrected chi connectivity index (χ3v) is 4.48. The Kier molecular flexibility index (Phi) is 3.38. The van der Waals surface area contributed by atoms with Gasteiger partial charge in [-0.15, -0.1) is 22.9 Å². The average Bonchev–Trinajstić information content (AvgIpc) is 2.79. The van der Waals surface area contributed by atoms with E-state index in [0.717, 1.165) is 30.9 Å². The van der Waals surface area contributed by atoms with Crippen LogP contribution in [0.1, 0.15) is 17.7 Å². The molecule has 4 heteroatoms. The second-order valence-corrected chi connectivity index (χ2v) is 5.31. The van der Waals surface area contributed by atoms with E-state index in [1.165, 1.54) is 4.88 Å². The van der Waals surface area contributed by atoms with Crippen molar-refractivity contribution in [2.45, 2.75) is 24.9 Å². The van der Waals surface area contributed by atoms with Crippen molar-refractivity contribution < 1.29 is 4.74 Å². The molecule has 1 saturated heterocycles. The maximum Gasteiger partial charge on any atom is 0.0866 e. The highest BCUT2D eigenvalue weighted by Crippen LogP contribution is 2.34. The monoisotopic (exact) mass is 250 g/mol. The predicted molar refractivity (Wildman–Crippen MR) is 61.7 cm³/mol. The molecule has 0 spiro atoms. The van der Waals surface area contributed by atoms with Crippen molar-refractivity contribution in [2.75, 3.05) is 12.5 Å². The Balaban J connectivity index is 2.12. The Bertz CT molecular complexity index is 305. The van der Waals surface area contributed by atoms with E-state index in [9.17, 15) is 0 Å². The van der Waals surface area contributed by atoms with Gasteiger partial charge < -0.3 is 4.74 Å². The molecule has 1 atom stereocenters. The first-order valence-corrected chi connectivity index (χ1v) is 6.47. The van der Waals surface area contributed by atoms with Gasteiger partial charge in [-0.3, -0.25) is 0 Å². The van der Waals surface area contributed by atoms with Gasteiger partial charge in [0, 0.05) is 17.9 Å². The molecule has 0 amide bonds. The quantitative estimate of drug-likeness (QED) is 0.744. The lowest BCUT2D eigenvalue weighted by molar-refractivity contribution is 0.0244. The number of rotatable bonds is 3. The molecule has 0 aliphatic carbocycles. The fourth-order valence-electron chi connectivity index (χ4n) is 1.79. The van der Waals surface area contributed by atoms with Crippen molar-refractivity contribution in [3.63, 3.8) is 0 Å². The first kappa shape index (κ1) is 10.7. The smallest absolute Gasteiger partial charge is 0.0866 e. The summed E-state index contributed by atoms with van der Waals surface area (Å²) in [5, 5.41) is 2.85. The highest BCUT2D eigenvalue weighted by atomic mass is 35.5. The lowest BCUT2D eigenvalue weighted by Crippen LogP contribution is -2.32. The minimum absolute atomic E-state index is 0.157. The van der Waals surface area contributed by atoms with Crippen LogP contribution in [0.4, 0.5) is 0 Å². The number of ether oxygens (including phenoxy) is 1. The molecule has 1 nitrogen and oxygen atoms in total. The molecule has 1 aliphatic heterocycles. The minimum atomic E-state index is -0.157. The Hall–Kier alpha value is 0.240. The number of thiophene rings is 1. The summed E-state index contributed by atoms with van der Waals surface area (Å²) in [6.45, 7) is 0.829. The van der Waals surface area contributed by atoms with E-state index >= 15 is 0 Å². The maximum absolute atomic E-state index is 6.05. The molecule has 1 fully saturated rings. The number of hydrogen-bond acceptors (Lipinski definition) is 2. The van der Waals surface area contributed by atoms with Crippen LogP contribution in [0, 0.1) is 0 Å². The molecule has 2 rings (SSSR count). The predicted octanol–water partition coefficient (Wildman–Crippen LogP) is 3.73. The summed E-state index contributed by atoms with van der Waals surface area (Å²) in [6.07, 6.45) is 3.01. The van der Waals surface area contributed by atoms with Gasteiger partial charge in [-0.05, 0) is 24.3 Å². The zero-order valence-corrected chi connectivity index (χ0v) is 10.1. The standard InChI is InChI=1S/C10H12Cl2OS/c11-7-10(3-1-4-13-10)6-9-8(12)2-5-14-9/h2,5H,1,3-4,6-7H2. The van der Waals surface area contributed by atoms with Crippen LogP contribution in [0.2, 0.25) is 5.02 Å². The van der Waals surface area contributed by atoms with E-state index in [1.807, 2.05) is 11.4 Å². The van der Waals surface area contributed by atoms with E-state index in [1.54, 1.807) is 11.3 Å². The van der Waals surface area contributed by atoms with Crippen LogP contribution in [0.15, 0.2) is 11.4 Å². The lowest BCUT2D eigenvalue weighted by atomic mass is 9.97. The number of hydrogen-bond donors (Lipinski definition) is 0. The van der Waals surface area contributed by atoms with E-state index < -0.39 is 0 Å². The highest BCUT2D eigenvalue weighted by Gasteiger charge is 2.35. The summed E-state index contributed by atoms with van der Waals surface area (Å²) in [6, 6.07) is 1.93. The third-order valence-electron chi connectivity index (χ3n) is 2.60. The molecule has 1 aliphatic rings. The van der Waals surface area contributed by atoms with E-state index in [-0.39, 0.29) is 5.60 Å². The number of halogens is 2. The van der Waals surface area contributed by atoms with Crippen molar-refractivity contribution in [3.05, 3.63) is 21.3 Å². The van der Waals surface area contributed by atoms with Crippen LogP contribution in [-0.4, -0.2) is 18.1 Å². The second-order valence-electron chi connectivity index (χ2n) is 3.64. The molecule has 0 saturated carbocycles. The summed E-state index contributed by atoms with van der Waals surface area (Å²) >= 11 is 13.7. The Labute approximate surface area is 98.0 Å². The normalized spacial score (nSPS) is 27.0. The molecule has 1 unspecified atom stereocenters. The van der Waals surface area contributed by atoms with Gasteiger partial charge in [0.05, 0.1) is 16.5 Å². The van der Waals surface area contributed by atoms with Gasteiger partial charge in [0.2, 0.25) is 0 Å². The third kappa shape index (κ3) is 2.08. The molecule has 14 heavy (non-hydrogen) atoms. The first-order chi connectivity index (χ1) is 6.76. The fraction of sp³-hybridized carbons (Fsp3) is 0.600. The van der Waals surface area contributed by atoms with E-state index in [4.69, 9.17) is 27.9 Å². The van der Waals surface area contributed by atoms with Crippen molar-refractivity contribution >= 4 is 34.5 Å². The van der Waals surface area contributed by atoms with Gasteiger partial charge in [-0.25, -0.2) is 0 Å². The largest absolute Gasteiger partial charge is 0.373 e. The minimum Gasteiger partial charge on any atom is -0.373 e. The van der Waals surface area contributed by atoms with Crippen LogP contribution in [-0.2, 0) is 11.2 Å². The maximum atomic E-state index is 6.05. The zero-order valence-electron chi connectivity index (χ0n) is 7.76. The summed E-state index contributed by atoms with van der Waals surface area (Å²) in [7, 11) is 0.